The van der Waals surface area contributed by atoms with Gasteiger partial charge in [-0.05, 0) is 24.1 Å². The molecular weight excluding hydrogens is 274 g/mol. The third-order valence-electron chi connectivity index (χ3n) is 3.59. The van der Waals surface area contributed by atoms with Gasteiger partial charge in [-0.25, -0.2) is 4.79 Å². The number of carbonyl (C=O) groups is 2. The van der Waals surface area contributed by atoms with Crippen molar-refractivity contribution in [2.75, 3.05) is 13.9 Å². The van der Waals surface area contributed by atoms with Crippen molar-refractivity contribution >= 4 is 11.9 Å². The number of rotatable bonds is 5. The van der Waals surface area contributed by atoms with Crippen LogP contribution in [0.1, 0.15) is 30.6 Å². The Balaban J connectivity index is 2.13. The van der Waals surface area contributed by atoms with Gasteiger partial charge in [-0.15, -0.1) is 0 Å². The average Bonchev–Trinajstić information content (AvgIpc) is 2.98. The number of esters is 1. The highest BCUT2D eigenvalue weighted by Gasteiger charge is 2.27. The van der Waals surface area contributed by atoms with Gasteiger partial charge in [0.25, 0.3) is 5.91 Å². The Labute approximate surface area is 123 Å². The van der Waals surface area contributed by atoms with Crippen LogP contribution in [0.15, 0.2) is 18.2 Å². The van der Waals surface area contributed by atoms with Crippen LogP contribution in [0.5, 0.6) is 11.5 Å². The lowest BCUT2D eigenvalue weighted by atomic mass is 9.99. The number of benzene rings is 1. The van der Waals surface area contributed by atoms with Gasteiger partial charge < -0.3 is 19.5 Å². The first-order valence-electron chi connectivity index (χ1n) is 6.85. The van der Waals surface area contributed by atoms with Gasteiger partial charge in [0.05, 0.1) is 7.11 Å². The van der Waals surface area contributed by atoms with Crippen molar-refractivity contribution < 1.29 is 23.8 Å². The second-order valence-corrected chi connectivity index (χ2v) is 4.93. The highest BCUT2D eigenvalue weighted by Crippen LogP contribution is 2.32. The summed E-state index contributed by atoms with van der Waals surface area (Å²) >= 11 is 0. The van der Waals surface area contributed by atoms with E-state index in [0.29, 0.717) is 17.1 Å². The molecule has 0 saturated heterocycles. The molecule has 2 atom stereocenters. The van der Waals surface area contributed by atoms with Crippen molar-refractivity contribution in [3.05, 3.63) is 23.8 Å². The lowest BCUT2D eigenvalue weighted by molar-refractivity contribution is -0.144. The summed E-state index contributed by atoms with van der Waals surface area (Å²) < 4.78 is 15.2. The van der Waals surface area contributed by atoms with Crippen molar-refractivity contribution in [1.82, 2.24) is 5.32 Å². The van der Waals surface area contributed by atoms with E-state index < -0.39 is 12.0 Å². The largest absolute Gasteiger partial charge is 0.467 e. The maximum absolute atomic E-state index is 12.3. The zero-order chi connectivity index (χ0) is 15.4. The molecule has 0 radical (unpaired) electrons. The predicted octanol–water partition coefficient (Wildman–Crippen LogP) is 1.73. The molecule has 6 heteroatoms. The summed E-state index contributed by atoms with van der Waals surface area (Å²) in [5.41, 5.74) is 0.413. The van der Waals surface area contributed by atoms with E-state index in [9.17, 15) is 9.59 Å². The summed E-state index contributed by atoms with van der Waals surface area (Å²) in [5, 5.41) is 2.72. The van der Waals surface area contributed by atoms with Crippen LogP contribution in [-0.4, -0.2) is 31.8 Å². The molecule has 0 bridgehead atoms. The molecule has 0 aliphatic carbocycles. The zero-order valence-corrected chi connectivity index (χ0v) is 12.3. The van der Waals surface area contributed by atoms with Gasteiger partial charge in [-0.3, -0.25) is 4.79 Å². The molecule has 2 rings (SSSR count). The fourth-order valence-electron chi connectivity index (χ4n) is 2.06. The summed E-state index contributed by atoms with van der Waals surface area (Å²) in [6, 6.07) is 4.24. The molecule has 1 aliphatic heterocycles. The van der Waals surface area contributed by atoms with E-state index in [2.05, 4.69) is 5.32 Å². The quantitative estimate of drug-likeness (QED) is 0.837. The molecule has 0 saturated carbocycles. The smallest absolute Gasteiger partial charge is 0.328 e. The first kappa shape index (κ1) is 15.2. The molecular formula is C15H19NO5. The van der Waals surface area contributed by atoms with Crippen LogP contribution in [0.2, 0.25) is 0 Å². The van der Waals surface area contributed by atoms with Gasteiger partial charge in [0.1, 0.15) is 6.04 Å². The molecule has 114 valence electrons. The van der Waals surface area contributed by atoms with Crippen molar-refractivity contribution in [2.45, 2.75) is 26.3 Å². The van der Waals surface area contributed by atoms with Crippen LogP contribution < -0.4 is 14.8 Å². The molecule has 1 aromatic rings. The van der Waals surface area contributed by atoms with Crippen LogP contribution in [0.4, 0.5) is 0 Å². The van der Waals surface area contributed by atoms with Crippen LogP contribution in [0, 0.1) is 5.92 Å². The van der Waals surface area contributed by atoms with E-state index in [4.69, 9.17) is 14.2 Å². The van der Waals surface area contributed by atoms with Crippen LogP contribution in [0.3, 0.4) is 0 Å². The Hall–Kier alpha value is -2.24. The maximum atomic E-state index is 12.3. The number of hydrogen-bond acceptors (Lipinski definition) is 5. The monoisotopic (exact) mass is 293 g/mol. The van der Waals surface area contributed by atoms with Gasteiger partial charge in [0.2, 0.25) is 6.79 Å². The van der Waals surface area contributed by atoms with Crippen LogP contribution in [-0.2, 0) is 9.53 Å². The van der Waals surface area contributed by atoms with Gasteiger partial charge in [0, 0.05) is 5.56 Å². The third-order valence-corrected chi connectivity index (χ3v) is 3.59. The molecule has 1 amide bonds. The second kappa shape index (κ2) is 6.47. The van der Waals surface area contributed by atoms with Crippen molar-refractivity contribution in [2.24, 2.45) is 5.92 Å². The molecule has 1 aromatic carbocycles. The summed E-state index contributed by atoms with van der Waals surface area (Å²) in [6.07, 6.45) is 0.751. The fourth-order valence-corrected chi connectivity index (χ4v) is 2.06. The van der Waals surface area contributed by atoms with E-state index in [1.54, 1.807) is 18.2 Å². The van der Waals surface area contributed by atoms with Crippen molar-refractivity contribution in [3.8, 4) is 11.5 Å². The Kier molecular flexibility index (Phi) is 4.67. The van der Waals surface area contributed by atoms with Crippen molar-refractivity contribution in [1.29, 1.82) is 0 Å². The van der Waals surface area contributed by atoms with Crippen LogP contribution >= 0.6 is 0 Å². The minimum Gasteiger partial charge on any atom is -0.467 e. The van der Waals surface area contributed by atoms with Gasteiger partial charge >= 0.3 is 5.97 Å². The Bertz CT molecular complexity index is 543. The topological polar surface area (TPSA) is 73.9 Å². The van der Waals surface area contributed by atoms with Gasteiger partial charge in [0.15, 0.2) is 11.5 Å². The second-order valence-electron chi connectivity index (χ2n) is 4.93. The van der Waals surface area contributed by atoms with Gasteiger partial charge in [-0.1, -0.05) is 20.3 Å². The number of hydrogen-bond donors (Lipinski definition) is 1. The highest BCUT2D eigenvalue weighted by molar-refractivity contribution is 5.97. The molecule has 1 aliphatic rings. The van der Waals surface area contributed by atoms with E-state index in [1.165, 1.54) is 7.11 Å². The summed E-state index contributed by atoms with van der Waals surface area (Å²) in [7, 11) is 1.31. The fraction of sp³-hybridized carbons (Fsp3) is 0.467. The molecule has 1 N–H and O–H groups in total. The highest BCUT2D eigenvalue weighted by atomic mass is 16.7. The Morgan fingerprint density at radius 1 is 1.33 bits per heavy atom. The predicted molar refractivity (Wildman–Crippen MR) is 75.3 cm³/mol. The SMILES string of the molecule is CC[C@H](C)[C@H](NC(=O)c1ccc2c(c1)OCO2)C(=O)OC. The summed E-state index contributed by atoms with van der Waals surface area (Å²) in [6.45, 7) is 3.99. The first-order valence-corrected chi connectivity index (χ1v) is 6.85. The normalized spacial score (nSPS) is 15.2. The van der Waals surface area contributed by atoms with E-state index >= 15 is 0 Å². The number of fused-ring (bicyclic) bond motifs is 1. The summed E-state index contributed by atoms with van der Waals surface area (Å²) in [5.74, 6) is 0.330. The Morgan fingerprint density at radius 2 is 2.05 bits per heavy atom. The molecule has 0 spiro atoms. The molecule has 1 heterocycles. The van der Waals surface area contributed by atoms with E-state index in [-0.39, 0.29) is 18.6 Å². The number of carbonyl (C=O) groups excluding carboxylic acids is 2. The third kappa shape index (κ3) is 3.26. The molecule has 6 nitrogen and oxygen atoms in total. The molecule has 0 fully saturated rings. The standard InChI is InChI=1S/C15H19NO5/c1-4-9(2)13(15(18)19-3)16-14(17)10-5-6-11-12(7-10)21-8-20-11/h5-7,9,13H,4,8H2,1-3H3,(H,16,17)/t9-,13-/m0/s1. The lowest BCUT2D eigenvalue weighted by Gasteiger charge is -2.21. The molecule has 21 heavy (non-hydrogen) atoms. The zero-order valence-electron chi connectivity index (χ0n) is 12.3. The Morgan fingerprint density at radius 3 is 2.71 bits per heavy atom. The minimum absolute atomic E-state index is 0.0181. The van der Waals surface area contributed by atoms with Gasteiger partial charge in [-0.2, -0.15) is 0 Å². The molecule has 0 aromatic heterocycles. The van der Waals surface area contributed by atoms with Crippen LogP contribution in [0.25, 0.3) is 0 Å². The number of ether oxygens (including phenoxy) is 3. The van der Waals surface area contributed by atoms with E-state index in [1.807, 2.05) is 13.8 Å². The molecule has 0 unspecified atom stereocenters. The minimum atomic E-state index is -0.669. The maximum Gasteiger partial charge on any atom is 0.328 e. The summed E-state index contributed by atoms with van der Waals surface area (Å²) in [4.78, 5) is 24.1. The number of amides is 1. The van der Waals surface area contributed by atoms with Crippen molar-refractivity contribution in [3.63, 3.8) is 0 Å². The number of methoxy groups -OCH3 is 1. The first-order chi connectivity index (χ1) is 10.1. The lowest BCUT2D eigenvalue weighted by Crippen LogP contribution is -2.45. The average molecular weight is 293 g/mol. The van der Waals surface area contributed by atoms with E-state index in [0.717, 1.165) is 6.42 Å². The number of nitrogens with one attached hydrogen (secondary N) is 1.